The lowest BCUT2D eigenvalue weighted by atomic mass is 9.97. The van der Waals surface area contributed by atoms with Gasteiger partial charge in [-0.15, -0.1) is 0 Å². The number of benzene rings is 2. The molecule has 33 heavy (non-hydrogen) atoms. The van der Waals surface area contributed by atoms with Crippen LogP contribution >= 0.6 is 0 Å². The van der Waals surface area contributed by atoms with Crippen LogP contribution in [0.1, 0.15) is 19.8 Å². The van der Waals surface area contributed by atoms with Crippen LogP contribution in [0.2, 0.25) is 0 Å². The number of hydrogen-bond donors (Lipinski definition) is 2. The Labute approximate surface area is 190 Å². The molecule has 1 aromatic heterocycles. The number of fused-ring (bicyclic) bond motifs is 1. The van der Waals surface area contributed by atoms with Crippen molar-refractivity contribution in [1.29, 1.82) is 0 Å². The minimum absolute atomic E-state index is 0.0477. The highest BCUT2D eigenvalue weighted by molar-refractivity contribution is 7.89. The van der Waals surface area contributed by atoms with Crippen molar-refractivity contribution < 1.29 is 22.4 Å². The van der Waals surface area contributed by atoms with E-state index < -0.39 is 15.8 Å². The summed E-state index contributed by atoms with van der Waals surface area (Å²) in [4.78, 5) is 35.5. The number of anilines is 2. The van der Waals surface area contributed by atoms with Crippen molar-refractivity contribution in [3.8, 4) is 0 Å². The van der Waals surface area contributed by atoms with Crippen molar-refractivity contribution in [1.82, 2.24) is 8.87 Å². The first-order valence-electron chi connectivity index (χ1n) is 10.4. The molecule has 1 fully saturated rings. The molecule has 1 aliphatic rings. The highest BCUT2D eigenvalue weighted by Gasteiger charge is 2.32. The fourth-order valence-corrected chi connectivity index (χ4v) is 5.35. The number of carbonyl (C=O) groups excluding carboxylic acids is 2. The van der Waals surface area contributed by atoms with E-state index in [0.29, 0.717) is 29.7 Å². The van der Waals surface area contributed by atoms with Crippen LogP contribution in [0.4, 0.5) is 11.4 Å². The van der Waals surface area contributed by atoms with E-state index in [-0.39, 0.29) is 41.3 Å². The standard InChI is InChI=1S/C22H24N4O6S/c1-14(27)23-16-3-5-17(6-4-16)24-21(28)15-9-11-26(12-10-15)33(30,31)18-7-8-19-20(13-18)32-22(29)25(19)2/h3-8,13,15H,9-12H2,1-2H3,(H,23,27)(H,24,28). The van der Waals surface area contributed by atoms with Crippen molar-refractivity contribution in [3.05, 3.63) is 53.0 Å². The van der Waals surface area contributed by atoms with Gasteiger partial charge in [-0.1, -0.05) is 0 Å². The molecule has 0 bridgehead atoms. The second kappa shape index (κ2) is 8.83. The average molecular weight is 473 g/mol. The Balaban J connectivity index is 1.39. The largest absolute Gasteiger partial charge is 0.419 e. The van der Waals surface area contributed by atoms with Gasteiger partial charge in [-0.3, -0.25) is 14.2 Å². The van der Waals surface area contributed by atoms with Crippen LogP contribution in [0.25, 0.3) is 11.1 Å². The number of nitrogens with one attached hydrogen (secondary N) is 2. The number of hydrogen-bond acceptors (Lipinski definition) is 6. The smallest absolute Gasteiger partial charge is 0.408 e. The molecule has 0 radical (unpaired) electrons. The first-order valence-corrected chi connectivity index (χ1v) is 11.9. The topological polar surface area (TPSA) is 131 Å². The van der Waals surface area contributed by atoms with E-state index >= 15 is 0 Å². The summed E-state index contributed by atoms with van der Waals surface area (Å²) in [6.45, 7) is 1.83. The van der Waals surface area contributed by atoms with E-state index in [1.54, 1.807) is 37.4 Å². The average Bonchev–Trinajstić information content (AvgIpc) is 3.07. The normalized spacial score (nSPS) is 15.5. The zero-order valence-electron chi connectivity index (χ0n) is 18.2. The number of rotatable bonds is 5. The molecule has 0 aliphatic carbocycles. The van der Waals surface area contributed by atoms with Crippen LogP contribution in [-0.4, -0.2) is 42.2 Å². The number of carbonyl (C=O) groups is 2. The third-order valence-electron chi connectivity index (χ3n) is 5.70. The van der Waals surface area contributed by atoms with E-state index in [2.05, 4.69) is 10.6 Å². The predicted molar refractivity (Wildman–Crippen MR) is 122 cm³/mol. The molecule has 10 nitrogen and oxygen atoms in total. The molecule has 2 N–H and O–H groups in total. The summed E-state index contributed by atoms with van der Waals surface area (Å²) in [6.07, 6.45) is 0.773. The maximum atomic E-state index is 13.1. The van der Waals surface area contributed by atoms with Gasteiger partial charge in [0, 0.05) is 50.4 Å². The van der Waals surface area contributed by atoms with Gasteiger partial charge in [-0.25, -0.2) is 13.2 Å². The maximum absolute atomic E-state index is 13.1. The number of oxazole rings is 1. The Hall–Kier alpha value is -3.44. The summed E-state index contributed by atoms with van der Waals surface area (Å²) < 4.78 is 33.9. The molecular weight excluding hydrogens is 448 g/mol. The first-order chi connectivity index (χ1) is 15.6. The van der Waals surface area contributed by atoms with E-state index in [0.717, 1.165) is 0 Å². The molecule has 0 saturated carbocycles. The van der Waals surface area contributed by atoms with Crippen LogP contribution in [-0.2, 0) is 26.7 Å². The number of piperidine rings is 1. The fourth-order valence-electron chi connectivity index (χ4n) is 3.87. The van der Waals surface area contributed by atoms with Crippen LogP contribution < -0.4 is 16.4 Å². The van der Waals surface area contributed by atoms with Gasteiger partial charge in [0.1, 0.15) is 0 Å². The van der Waals surface area contributed by atoms with Gasteiger partial charge in [0.2, 0.25) is 21.8 Å². The summed E-state index contributed by atoms with van der Waals surface area (Å²) in [5.41, 5.74) is 1.95. The summed E-state index contributed by atoms with van der Waals surface area (Å²) in [5.74, 6) is -1.23. The van der Waals surface area contributed by atoms with E-state index in [1.165, 1.54) is 27.9 Å². The maximum Gasteiger partial charge on any atom is 0.419 e. The number of nitrogens with zero attached hydrogens (tertiary/aromatic N) is 2. The zero-order valence-corrected chi connectivity index (χ0v) is 19.0. The molecular formula is C22H24N4O6S. The molecule has 4 rings (SSSR count). The van der Waals surface area contributed by atoms with Crippen molar-refractivity contribution >= 4 is 44.3 Å². The van der Waals surface area contributed by atoms with Crippen molar-refractivity contribution in [2.45, 2.75) is 24.7 Å². The molecule has 2 amide bonds. The van der Waals surface area contributed by atoms with E-state index in [1.807, 2.05) is 0 Å². The van der Waals surface area contributed by atoms with Crippen molar-refractivity contribution in [3.63, 3.8) is 0 Å². The minimum Gasteiger partial charge on any atom is -0.408 e. The van der Waals surface area contributed by atoms with Gasteiger partial charge >= 0.3 is 5.76 Å². The Morgan fingerprint density at radius 1 is 1.00 bits per heavy atom. The Morgan fingerprint density at radius 3 is 2.21 bits per heavy atom. The summed E-state index contributed by atoms with van der Waals surface area (Å²) in [5, 5.41) is 5.50. The van der Waals surface area contributed by atoms with Gasteiger partial charge in [-0.05, 0) is 49.2 Å². The van der Waals surface area contributed by atoms with Crippen molar-refractivity contribution in [2.24, 2.45) is 13.0 Å². The molecule has 0 spiro atoms. The third kappa shape index (κ3) is 4.69. The number of aromatic nitrogens is 1. The quantitative estimate of drug-likeness (QED) is 0.585. The molecule has 0 atom stereocenters. The van der Waals surface area contributed by atoms with Gasteiger partial charge in [0.05, 0.1) is 10.4 Å². The van der Waals surface area contributed by atoms with Crippen LogP contribution in [0.15, 0.2) is 56.6 Å². The molecule has 2 heterocycles. The third-order valence-corrected chi connectivity index (χ3v) is 7.59. The molecule has 3 aromatic rings. The Morgan fingerprint density at radius 2 is 1.61 bits per heavy atom. The summed E-state index contributed by atoms with van der Waals surface area (Å²) >= 11 is 0. The zero-order chi connectivity index (χ0) is 23.8. The molecule has 2 aromatic carbocycles. The number of aryl methyl sites for hydroxylation is 1. The second-order valence-electron chi connectivity index (χ2n) is 7.98. The fraction of sp³-hybridized carbons (Fsp3) is 0.318. The molecule has 1 saturated heterocycles. The van der Waals surface area contributed by atoms with Crippen LogP contribution in [0.5, 0.6) is 0 Å². The highest BCUT2D eigenvalue weighted by Crippen LogP contribution is 2.27. The Kier molecular flexibility index (Phi) is 6.09. The molecule has 0 unspecified atom stereocenters. The summed E-state index contributed by atoms with van der Waals surface area (Å²) in [7, 11) is -2.23. The molecule has 174 valence electrons. The molecule has 1 aliphatic heterocycles. The number of amides is 2. The summed E-state index contributed by atoms with van der Waals surface area (Å²) in [6, 6.07) is 11.1. The van der Waals surface area contributed by atoms with E-state index in [9.17, 15) is 22.8 Å². The Bertz CT molecular complexity index is 1370. The molecule has 11 heteroatoms. The van der Waals surface area contributed by atoms with Crippen molar-refractivity contribution in [2.75, 3.05) is 23.7 Å². The SMILES string of the molecule is CC(=O)Nc1ccc(NC(=O)C2CCN(S(=O)(=O)c3ccc4c(c3)oc(=O)n4C)CC2)cc1. The monoisotopic (exact) mass is 472 g/mol. The lowest BCUT2D eigenvalue weighted by molar-refractivity contribution is -0.121. The van der Waals surface area contributed by atoms with E-state index in [4.69, 9.17) is 4.42 Å². The van der Waals surface area contributed by atoms with Gasteiger partial charge in [0.15, 0.2) is 5.58 Å². The lowest BCUT2D eigenvalue weighted by Crippen LogP contribution is -2.41. The van der Waals surface area contributed by atoms with Crippen LogP contribution in [0, 0.1) is 5.92 Å². The van der Waals surface area contributed by atoms with Gasteiger partial charge in [0.25, 0.3) is 0 Å². The minimum atomic E-state index is -3.78. The number of sulfonamides is 1. The highest BCUT2D eigenvalue weighted by atomic mass is 32.2. The van der Waals surface area contributed by atoms with Gasteiger partial charge < -0.3 is 15.1 Å². The predicted octanol–water partition coefficient (Wildman–Crippen LogP) is 2.13. The van der Waals surface area contributed by atoms with Crippen LogP contribution in [0.3, 0.4) is 0 Å². The lowest BCUT2D eigenvalue weighted by Gasteiger charge is -2.30. The van der Waals surface area contributed by atoms with Gasteiger partial charge in [-0.2, -0.15) is 4.31 Å². The second-order valence-corrected chi connectivity index (χ2v) is 9.92. The first kappa shape index (κ1) is 22.7.